The minimum absolute atomic E-state index is 0.0629. The Morgan fingerprint density at radius 3 is 2.82 bits per heavy atom. The summed E-state index contributed by atoms with van der Waals surface area (Å²) in [6.07, 6.45) is 0.951. The number of guanidine groups is 1. The summed E-state index contributed by atoms with van der Waals surface area (Å²) in [5, 5.41) is 18.0. The number of thiophene rings is 1. The molecule has 0 aliphatic carbocycles. The summed E-state index contributed by atoms with van der Waals surface area (Å²) in [4.78, 5) is 6.06. The highest BCUT2D eigenvalue weighted by Gasteiger charge is 2.10. The van der Waals surface area contributed by atoms with Crippen LogP contribution < -0.4 is 10.6 Å². The Hall–Kier alpha value is -2.38. The van der Waals surface area contributed by atoms with Gasteiger partial charge in [0.25, 0.3) is 0 Å². The summed E-state index contributed by atoms with van der Waals surface area (Å²) in [6, 6.07) is 12.1. The van der Waals surface area contributed by atoms with Gasteiger partial charge in [-0.15, -0.1) is 21.5 Å². The van der Waals surface area contributed by atoms with Crippen molar-refractivity contribution in [3.8, 4) is 0 Å². The molecular weight excluding hydrogens is 392 g/mol. The number of nitrogens with zero attached hydrogens (tertiary/aromatic N) is 4. The van der Waals surface area contributed by atoms with Crippen LogP contribution in [0.15, 0.2) is 46.8 Å². The van der Waals surface area contributed by atoms with Gasteiger partial charge in [-0.2, -0.15) is 0 Å². The van der Waals surface area contributed by atoms with Crippen molar-refractivity contribution in [2.24, 2.45) is 12.0 Å². The molecule has 2 heterocycles. The molecule has 3 aromatic rings. The SMILES string of the molecule is Cc1nnc(CN=C(NCCc2cccs2)NC(C)c2cccc(Cl)c2)n1C. The highest BCUT2D eigenvalue weighted by molar-refractivity contribution is 7.09. The molecule has 0 aliphatic rings. The van der Waals surface area contributed by atoms with Crippen molar-refractivity contribution in [2.75, 3.05) is 6.54 Å². The summed E-state index contributed by atoms with van der Waals surface area (Å²) < 4.78 is 1.95. The standard InChI is InChI=1S/C20H25ClN6S/c1-14(16-6-4-7-17(21)12-16)24-20(22-10-9-18-8-5-11-28-18)23-13-19-26-25-15(2)27(19)3/h4-8,11-12,14H,9-10,13H2,1-3H3,(H2,22,23,24). The van der Waals surface area contributed by atoms with E-state index in [1.54, 1.807) is 11.3 Å². The zero-order valence-electron chi connectivity index (χ0n) is 16.3. The smallest absolute Gasteiger partial charge is 0.192 e. The molecule has 0 saturated heterocycles. The summed E-state index contributed by atoms with van der Waals surface area (Å²) in [5.41, 5.74) is 1.11. The average Bonchev–Trinajstić information content (AvgIpc) is 3.30. The fraction of sp³-hybridized carbons (Fsp3) is 0.350. The van der Waals surface area contributed by atoms with Gasteiger partial charge in [0.15, 0.2) is 11.8 Å². The molecule has 2 aromatic heterocycles. The molecule has 148 valence electrons. The Kier molecular flexibility index (Phi) is 7.06. The van der Waals surface area contributed by atoms with Gasteiger partial charge in [0.05, 0.1) is 6.04 Å². The highest BCUT2D eigenvalue weighted by atomic mass is 35.5. The van der Waals surface area contributed by atoms with E-state index in [4.69, 9.17) is 16.6 Å². The maximum atomic E-state index is 6.14. The van der Waals surface area contributed by atoms with Crippen LogP contribution in [0.2, 0.25) is 5.02 Å². The Morgan fingerprint density at radius 1 is 1.29 bits per heavy atom. The molecule has 0 spiro atoms. The first-order valence-corrected chi connectivity index (χ1v) is 10.5. The average molecular weight is 417 g/mol. The number of nitrogens with one attached hydrogen (secondary N) is 2. The zero-order valence-corrected chi connectivity index (χ0v) is 17.9. The Labute approximate surface area is 174 Å². The third-order valence-electron chi connectivity index (χ3n) is 4.51. The van der Waals surface area contributed by atoms with E-state index in [0.717, 1.165) is 41.2 Å². The predicted octanol–water partition coefficient (Wildman–Crippen LogP) is 3.88. The molecule has 0 amide bonds. The number of aliphatic imine (C=N–C) groups is 1. The van der Waals surface area contributed by atoms with Gasteiger partial charge in [-0.25, -0.2) is 4.99 Å². The van der Waals surface area contributed by atoms with E-state index >= 15 is 0 Å². The van der Waals surface area contributed by atoms with Gasteiger partial charge >= 0.3 is 0 Å². The van der Waals surface area contributed by atoms with Crippen LogP contribution in [0.3, 0.4) is 0 Å². The van der Waals surface area contributed by atoms with Crippen LogP contribution in [-0.2, 0) is 20.0 Å². The van der Waals surface area contributed by atoms with Gasteiger partial charge in [-0.3, -0.25) is 0 Å². The van der Waals surface area contributed by atoms with E-state index in [1.807, 2.05) is 36.7 Å². The molecule has 0 aliphatic heterocycles. The van der Waals surface area contributed by atoms with Crippen LogP contribution in [0.25, 0.3) is 0 Å². The van der Waals surface area contributed by atoms with E-state index in [1.165, 1.54) is 4.88 Å². The van der Waals surface area contributed by atoms with E-state index in [2.05, 4.69) is 51.3 Å². The first-order chi connectivity index (χ1) is 13.5. The lowest BCUT2D eigenvalue weighted by Crippen LogP contribution is -2.39. The maximum absolute atomic E-state index is 6.14. The molecule has 3 rings (SSSR count). The minimum atomic E-state index is 0.0629. The lowest BCUT2D eigenvalue weighted by molar-refractivity contribution is 0.676. The molecule has 6 nitrogen and oxygen atoms in total. The molecule has 0 bridgehead atoms. The predicted molar refractivity (Wildman–Crippen MR) is 116 cm³/mol. The van der Waals surface area contributed by atoms with Crippen molar-refractivity contribution >= 4 is 28.9 Å². The molecule has 28 heavy (non-hydrogen) atoms. The zero-order chi connectivity index (χ0) is 19.9. The maximum Gasteiger partial charge on any atom is 0.192 e. The monoisotopic (exact) mass is 416 g/mol. The van der Waals surface area contributed by atoms with E-state index in [9.17, 15) is 0 Å². The third-order valence-corrected chi connectivity index (χ3v) is 5.68. The van der Waals surface area contributed by atoms with Crippen molar-refractivity contribution in [1.29, 1.82) is 0 Å². The topological polar surface area (TPSA) is 67.1 Å². The Balaban J connectivity index is 1.69. The summed E-state index contributed by atoms with van der Waals surface area (Å²) >= 11 is 7.90. The molecule has 1 aromatic carbocycles. The molecule has 0 radical (unpaired) electrons. The third kappa shape index (κ3) is 5.56. The molecular formula is C20H25ClN6S. The van der Waals surface area contributed by atoms with Crippen LogP contribution >= 0.6 is 22.9 Å². The van der Waals surface area contributed by atoms with Gasteiger partial charge in [0.2, 0.25) is 0 Å². The minimum Gasteiger partial charge on any atom is -0.356 e. The number of halogens is 1. The first kappa shape index (κ1) is 20.4. The van der Waals surface area contributed by atoms with Crippen LogP contribution in [0.1, 0.15) is 35.1 Å². The number of hydrogen-bond acceptors (Lipinski definition) is 4. The summed E-state index contributed by atoms with van der Waals surface area (Å²) in [7, 11) is 1.95. The molecule has 8 heteroatoms. The first-order valence-electron chi connectivity index (χ1n) is 9.20. The second kappa shape index (κ2) is 9.71. The number of rotatable bonds is 7. The Bertz CT molecular complexity index is 919. The fourth-order valence-corrected chi connectivity index (χ4v) is 3.62. The molecule has 0 fully saturated rings. The van der Waals surface area contributed by atoms with Crippen molar-refractivity contribution in [1.82, 2.24) is 25.4 Å². The summed E-state index contributed by atoms with van der Waals surface area (Å²) in [5.74, 6) is 2.44. The van der Waals surface area contributed by atoms with Gasteiger partial charge in [-0.05, 0) is 49.4 Å². The second-order valence-corrected chi connectivity index (χ2v) is 8.03. The largest absolute Gasteiger partial charge is 0.356 e. The van der Waals surface area contributed by atoms with Crippen LogP contribution in [0.5, 0.6) is 0 Å². The lowest BCUT2D eigenvalue weighted by atomic mass is 10.1. The van der Waals surface area contributed by atoms with Crippen LogP contribution in [0, 0.1) is 6.92 Å². The number of aromatic nitrogens is 3. The van der Waals surface area contributed by atoms with Crippen molar-refractivity contribution in [2.45, 2.75) is 32.9 Å². The molecule has 1 unspecified atom stereocenters. The van der Waals surface area contributed by atoms with Crippen molar-refractivity contribution < 1.29 is 0 Å². The molecule has 0 saturated carbocycles. The quantitative estimate of drug-likeness (QED) is 0.453. The number of aryl methyl sites for hydroxylation is 1. The van der Waals surface area contributed by atoms with Gasteiger partial charge in [-0.1, -0.05) is 29.8 Å². The lowest BCUT2D eigenvalue weighted by Gasteiger charge is -2.19. The second-order valence-electron chi connectivity index (χ2n) is 6.56. The van der Waals surface area contributed by atoms with E-state index < -0.39 is 0 Å². The van der Waals surface area contributed by atoms with Crippen LogP contribution in [0.4, 0.5) is 0 Å². The normalized spacial score (nSPS) is 12.8. The van der Waals surface area contributed by atoms with Crippen LogP contribution in [-0.4, -0.2) is 27.3 Å². The molecule has 1 atom stereocenters. The Morgan fingerprint density at radius 2 is 2.14 bits per heavy atom. The number of hydrogen-bond donors (Lipinski definition) is 2. The fourth-order valence-electron chi connectivity index (χ4n) is 2.71. The van der Waals surface area contributed by atoms with Gasteiger partial charge < -0.3 is 15.2 Å². The van der Waals surface area contributed by atoms with Crippen molar-refractivity contribution in [3.05, 3.63) is 68.9 Å². The highest BCUT2D eigenvalue weighted by Crippen LogP contribution is 2.17. The van der Waals surface area contributed by atoms with Gasteiger partial charge in [0.1, 0.15) is 12.4 Å². The van der Waals surface area contributed by atoms with E-state index in [-0.39, 0.29) is 6.04 Å². The van der Waals surface area contributed by atoms with Gasteiger partial charge in [0, 0.05) is 23.5 Å². The van der Waals surface area contributed by atoms with E-state index in [0.29, 0.717) is 6.54 Å². The van der Waals surface area contributed by atoms with Crippen molar-refractivity contribution in [3.63, 3.8) is 0 Å². The summed E-state index contributed by atoms with van der Waals surface area (Å²) in [6.45, 7) is 5.27. The molecule has 2 N–H and O–H groups in total. The number of benzene rings is 1.